The number of H-pyrrole nitrogens is 1. The summed E-state index contributed by atoms with van der Waals surface area (Å²) in [6, 6.07) is 20.6. The number of aromatic amines is 1. The molecule has 8 heteroatoms. The molecule has 0 bridgehead atoms. The predicted octanol–water partition coefficient (Wildman–Crippen LogP) is 3.74. The van der Waals surface area contributed by atoms with E-state index in [0.29, 0.717) is 28.2 Å². The fraction of sp³-hybridized carbons (Fsp3) is 0.167. The van der Waals surface area contributed by atoms with Crippen molar-refractivity contribution >= 4 is 29.0 Å². The molecule has 32 heavy (non-hydrogen) atoms. The standard InChI is InChI=1S/C24H22N4O3S/c29-21(12-14-28-23(30)19-10-4-5-11-20(19)27-24(28)32)26-15-18-9-6-13-25-22(18)31-16-17-7-2-1-3-8-17/h1-11,13H,12,14-16H2,(H,26,29)(H,27,32). The summed E-state index contributed by atoms with van der Waals surface area (Å²) in [6.45, 7) is 0.854. The van der Waals surface area contributed by atoms with Gasteiger partial charge in [-0.25, -0.2) is 4.98 Å². The highest BCUT2D eigenvalue weighted by atomic mass is 32.1. The molecule has 4 rings (SSSR count). The van der Waals surface area contributed by atoms with Crippen molar-refractivity contribution in [3.8, 4) is 5.88 Å². The molecule has 4 aromatic rings. The molecule has 2 heterocycles. The molecule has 0 atom stereocenters. The number of rotatable bonds is 8. The molecule has 0 radical (unpaired) electrons. The number of para-hydroxylation sites is 1. The first kappa shape index (κ1) is 21.5. The summed E-state index contributed by atoms with van der Waals surface area (Å²) in [7, 11) is 0. The van der Waals surface area contributed by atoms with Crippen molar-refractivity contribution in [1.29, 1.82) is 0 Å². The van der Waals surface area contributed by atoms with E-state index in [0.717, 1.165) is 11.1 Å². The van der Waals surface area contributed by atoms with Gasteiger partial charge in [-0.1, -0.05) is 48.5 Å². The number of amides is 1. The third-order valence-electron chi connectivity index (χ3n) is 5.00. The van der Waals surface area contributed by atoms with Crippen molar-refractivity contribution in [1.82, 2.24) is 19.9 Å². The van der Waals surface area contributed by atoms with E-state index in [4.69, 9.17) is 17.0 Å². The normalized spacial score (nSPS) is 10.8. The first-order valence-corrected chi connectivity index (χ1v) is 10.6. The largest absolute Gasteiger partial charge is 0.473 e. The smallest absolute Gasteiger partial charge is 0.262 e. The number of carbonyl (C=O) groups is 1. The van der Waals surface area contributed by atoms with Crippen molar-refractivity contribution < 1.29 is 9.53 Å². The Morgan fingerprint density at radius 3 is 2.69 bits per heavy atom. The van der Waals surface area contributed by atoms with Crippen LogP contribution in [0.3, 0.4) is 0 Å². The lowest BCUT2D eigenvalue weighted by Gasteiger charge is -2.12. The molecule has 0 aliphatic carbocycles. The van der Waals surface area contributed by atoms with Gasteiger partial charge >= 0.3 is 0 Å². The van der Waals surface area contributed by atoms with E-state index in [1.807, 2.05) is 42.5 Å². The number of hydrogen-bond acceptors (Lipinski definition) is 5. The lowest BCUT2D eigenvalue weighted by Crippen LogP contribution is -2.28. The summed E-state index contributed by atoms with van der Waals surface area (Å²) in [4.78, 5) is 32.4. The van der Waals surface area contributed by atoms with Crippen LogP contribution in [0.15, 0.2) is 77.7 Å². The predicted molar refractivity (Wildman–Crippen MR) is 125 cm³/mol. The van der Waals surface area contributed by atoms with Crippen LogP contribution in [-0.4, -0.2) is 20.4 Å². The lowest BCUT2D eigenvalue weighted by atomic mass is 10.2. The number of hydrogen-bond donors (Lipinski definition) is 2. The Kier molecular flexibility index (Phi) is 6.72. The van der Waals surface area contributed by atoms with Crippen molar-refractivity contribution in [3.05, 3.63) is 99.2 Å². The van der Waals surface area contributed by atoms with Crippen LogP contribution in [-0.2, 0) is 24.5 Å². The SMILES string of the molecule is O=C(CCn1c(=S)[nH]c2ccccc2c1=O)NCc1cccnc1OCc1ccccc1. The second-order valence-corrected chi connectivity index (χ2v) is 7.59. The number of pyridine rings is 1. The highest BCUT2D eigenvalue weighted by molar-refractivity contribution is 7.71. The molecule has 0 fully saturated rings. The average Bonchev–Trinajstić information content (AvgIpc) is 2.82. The third-order valence-corrected chi connectivity index (χ3v) is 5.32. The number of fused-ring (bicyclic) bond motifs is 1. The summed E-state index contributed by atoms with van der Waals surface area (Å²) in [5.74, 6) is 0.280. The molecule has 0 saturated heterocycles. The van der Waals surface area contributed by atoms with Gasteiger partial charge < -0.3 is 15.0 Å². The molecule has 0 spiro atoms. The Bertz CT molecular complexity index is 1350. The highest BCUT2D eigenvalue weighted by Crippen LogP contribution is 2.16. The average molecular weight is 447 g/mol. The van der Waals surface area contributed by atoms with Gasteiger partial charge in [-0.15, -0.1) is 0 Å². The molecule has 0 unspecified atom stereocenters. The Morgan fingerprint density at radius 2 is 1.84 bits per heavy atom. The van der Waals surface area contributed by atoms with Crippen LogP contribution < -0.4 is 15.6 Å². The molecule has 0 aliphatic rings. The monoisotopic (exact) mass is 446 g/mol. The summed E-state index contributed by atoms with van der Waals surface area (Å²) in [5, 5.41) is 3.40. The van der Waals surface area contributed by atoms with Gasteiger partial charge in [0.2, 0.25) is 11.8 Å². The summed E-state index contributed by atoms with van der Waals surface area (Å²) >= 11 is 5.30. The molecule has 2 aromatic heterocycles. The number of carbonyl (C=O) groups excluding carboxylic acids is 1. The zero-order valence-electron chi connectivity index (χ0n) is 17.3. The summed E-state index contributed by atoms with van der Waals surface area (Å²) < 4.78 is 7.54. The molecule has 1 amide bonds. The Labute approximate surface area is 189 Å². The maximum absolute atomic E-state index is 12.7. The van der Waals surface area contributed by atoms with Gasteiger partial charge in [0.05, 0.1) is 10.9 Å². The van der Waals surface area contributed by atoms with Crippen LogP contribution in [0.25, 0.3) is 10.9 Å². The number of ether oxygens (including phenoxy) is 1. The van der Waals surface area contributed by atoms with Gasteiger partial charge in [0.25, 0.3) is 5.56 Å². The second kappa shape index (κ2) is 10.0. The molecule has 2 N–H and O–H groups in total. The zero-order chi connectivity index (χ0) is 22.3. The number of benzene rings is 2. The van der Waals surface area contributed by atoms with Gasteiger partial charge in [-0.05, 0) is 36.0 Å². The fourth-order valence-electron chi connectivity index (χ4n) is 3.31. The molecule has 7 nitrogen and oxygen atoms in total. The van der Waals surface area contributed by atoms with Crippen molar-refractivity contribution in [3.63, 3.8) is 0 Å². The minimum absolute atomic E-state index is 0.121. The number of nitrogens with zero attached hydrogens (tertiary/aromatic N) is 2. The van der Waals surface area contributed by atoms with Crippen LogP contribution in [0.4, 0.5) is 0 Å². The molecule has 0 aliphatic heterocycles. The van der Waals surface area contributed by atoms with Crippen LogP contribution >= 0.6 is 12.2 Å². The van der Waals surface area contributed by atoms with Crippen LogP contribution in [0.2, 0.25) is 0 Å². The lowest BCUT2D eigenvalue weighted by molar-refractivity contribution is -0.121. The van der Waals surface area contributed by atoms with Crippen LogP contribution in [0.5, 0.6) is 5.88 Å². The second-order valence-electron chi connectivity index (χ2n) is 7.20. The molecule has 0 saturated carbocycles. The van der Waals surface area contributed by atoms with E-state index in [2.05, 4.69) is 15.3 Å². The van der Waals surface area contributed by atoms with Crippen LogP contribution in [0, 0.1) is 4.77 Å². The van der Waals surface area contributed by atoms with Gasteiger partial charge in [-0.3, -0.25) is 14.2 Å². The first-order chi connectivity index (χ1) is 15.6. The van der Waals surface area contributed by atoms with E-state index >= 15 is 0 Å². The fourth-order valence-corrected chi connectivity index (χ4v) is 3.60. The van der Waals surface area contributed by atoms with E-state index in [9.17, 15) is 9.59 Å². The van der Waals surface area contributed by atoms with E-state index < -0.39 is 0 Å². The molecule has 162 valence electrons. The van der Waals surface area contributed by atoms with Gasteiger partial charge in [0, 0.05) is 31.3 Å². The van der Waals surface area contributed by atoms with Crippen molar-refractivity contribution in [2.45, 2.75) is 26.1 Å². The third kappa shape index (κ3) is 5.09. The number of nitrogens with one attached hydrogen (secondary N) is 2. The van der Waals surface area contributed by atoms with Crippen molar-refractivity contribution in [2.75, 3.05) is 0 Å². The molecular weight excluding hydrogens is 424 g/mol. The maximum Gasteiger partial charge on any atom is 0.262 e. The first-order valence-electron chi connectivity index (χ1n) is 10.2. The van der Waals surface area contributed by atoms with E-state index in [-0.39, 0.29) is 31.0 Å². The number of aromatic nitrogens is 3. The van der Waals surface area contributed by atoms with E-state index in [1.54, 1.807) is 30.5 Å². The Morgan fingerprint density at radius 1 is 1.06 bits per heavy atom. The summed E-state index contributed by atoms with van der Waals surface area (Å²) in [6.07, 6.45) is 1.77. The van der Waals surface area contributed by atoms with Crippen LogP contribution in [0.1, 0.15) is 17.5 Å². The topological polar surface area (TPSA) is 89.0 Å². The van der Waals surface area contributed by atoms with Gasteiger partial charge in [-0.2, -0.15) is 0 Å². The quantitative estimate of drug-likeness (QED) is 0.403. The summed E-state index contributed by atoms with van der Waals surface area (Å²) in [5.41, 5.74) is 2.28. The minimum atomic E-state index is -0.207. The molecule has 2 aromatic carbocycles. The minimum Gasteiger partial charge on any atom is -0.473 e. The maximum atomic E-state index is 12.7. The zero-order valence-corrected chi connectivity index (χ0v) is 18.1. The Hall–Kier alpha value is -3.78. The van der Waals surface area contributed by atoms with E-state index in [1.165, 1.54) is 4.57 Å². The van der Waals surface area contributed by atoms with Gasteiger partial charge in [0.15, 0.2) is 4.77 Å². The molecular formula is C24H22N4O3S. The Balaban J connectivity index is 1.36. The highest BCUT2D eigenvalue weighted by Gasteiger charge is 2.10. The van der Waals surface area contributed by atoms with Crippen molar-refractivity contribution in [2.24, 2.45) is 0 Å². The van der Waals surface area contributed by atoms with Gasteiger partial charge in [0.1, 0.15) is 6.61 Å².